The van der Waals surface area contributed by atoms with Crippen LogP contribution in [0.1, 0.15) is 22.3 Å². The van der Waals surface area contributed by atoms with Crippen LogP contribution in [0, 0.1) is 0 Å². The molecule has 21 heavy (non-hydrogen) atoms. The molecular weight excluding hydrogens is 266 g/mol. The fourth-order valence-corrected chi connectivity index (χ4v) is 2.86. The Morgan fingerprint density at radius 1 is 1.33 bits per heavy atom. The summed E-state index contributed by atoms with van der Waals surface area (Å²) in [4.78, 5) is 14.5. The molecule has 5 heteroatoms. The van der Waals surface area contributed by atoms with Gasteiger partial charge in [-0.15, -0.1) is 0 Å². The molecule has 2 heterocycles. The number of hydrogen-bond acceptors (Lipinski definition) is 4. The molecule has 114 valence electrons. The van der Waals surface area contributed by atoms with E-state index in [0.29, 0.717) is 0 Å². The molecule has 0 unspecified atom stereocenters. The van der Waals surface area contributed by atoms with Gasteiger partial charge in [0, 0.05) is 37.4 Å². The van der Waals surface area contributed by atoms with Crippen molar-refractivity contribution in [1.82, 2.24) is 10.2 Å². The Balaban J connectivity index is 1.41. The summed E-state index contributed by atoms with van der Waals surface area (Å²) >= 11 is 0. The van der Waals surface area contributed by atoms with Gasteiger partial charge in [-0.3, -0.25) is 9.69 Å². The van der Waals surface area contributed by atoms with E-state index in [4.69, 9.17) is 4.74 Å². The van der Waals surface area contributed by atoms with Crippen LogP contribution in [-0.4, -0.2) is 56.7 Å². The van der Waals surface area contributed by atoms with Crippen molar-refractivity contribution in [1.29, 1.82) is 0 Å². The van der Waals surface area contributed by atoms with Gasteiger partial charge in [0.25, 0.3) is 5.91 Å². The number of anilines is 1. The van der Waals surface area contributed by atoms with Gasteiger partial charge >= 0.3 is 0 Å². The molecule has 0 spiro atoms. The van der Waals surface area contributed by atoms with Gasteiger partial charge in [-0.25, -0.2) is 0 Å². The number of benzene rings is 1. The first kappa shape index (κ1) is 14.4. The average Bonchev–Trinajstić information content (AvgIpc) is 3.00. The molecule has 2 aliphatic heterocycles. The van der Waals surface area contributed by atoms with Crippen molar-refractivity contribution >= 4 is 11.6 Å². The first-order chi connectivity index (χ1) is 10.3. The highest BCUT2D eigenvalue weighted by Crippen LogP contribution is 2.23. The molecule has 1 saturated heterocycles. The molecule has 5 nitrogen and oxygen atoms in total. The summed E-state index contributed by atoms with van der Waals surface area (Å²) in [7, 11) is 0. The second-order valence-electron chi connectivity index (χ2n) is 5.61. The van der Waals surface area contributed by atoms with Crippen LogP contribution >= 0.6 is 0 Å². The van der Waals surface area contributed by atoms with Crippen molar-refractivity contribution in [3.05, 3.63) is 29.3 Å². The number of hydrogen-bond donors (Lipinski definition) is 2. The maximum absolute atomic E-state index is 12.1. The number of carbonyl (C=O) groups excluding carboxylic acids is 1. The van der Waals surface area contributed by atoms with Gasteiger partial charge in [0.15, 0.2) is 0 Å². The summed E-state index contributed by atoms with van der Waals surface area (Å²) in [5, 5.41) is 6.31. The molecule has 0 atom stereocenters. The van der Waals surface area contributed by atoms with E-state index in [1.165, 1.54) is 5.56 Å². The number of nitrogens with one attached hydrogen (secondary N) is 2. The molecule has 0 radical (unpaired) electrons. The summed E-state index contributed by atoms with van der Waals surface area (Å²) < 4.78 is 5.32. The minimum absolute atomic E-state index is 0.0217. The Morgan fingerprint density at radius 2 is 2.19 bits per heavy atom. The van der Waals surface area contributed by atoms with E-state index in [2.05, 4.69) is 21.6 Å². The number of morpholine rings is 1. The molecule has 1 aromatic rings. The highest BCUT2D eigenvalue weighted by molar-refractivity contribution is 5.95. The van der Waals surface area contributed by atoms with Crippen molar-refractivity contribution in [2.24, 2.45) is 0 Å². The van der Waals surface area contributed by atoms with Crippen LogP contribution < -0.4 is 10.6 Å². The third-order valence-corrected chi connectivity index (χ3v) is 4.12. The van der Waals surface area contributed by atoms with Gasteiger partial charge in [-0.1, -0.05) is 6.07 Å². The fraction of sp³-hybridized carbons (Fsp3) is 0.562. The van der Waals surface area contributed by atoms with Crippen molar-refractivity contribution in [2.75, 3.05) is 51.3 Å². The fourth-order valence-electron chi connectivity index (χ4n) is 2.86. The number of rotatable bonds is 5. The van der Waals surface area contributed by atoms with Crippen molar-refractivity contribution in [3.8, 4) is 0 Å². The Kier molecular flexibility index (Phi) is 4.72. The Hall–Kier alpha value is -1.59. The smallest absolute Gasteiger partial charge is 0.251 e. The Labute approximate surface area is 125 Å². The van der Waals surface area contributed by atoms with Crippen molar-refractivity contribution in [3.63, 3.8) is 0 Å². The highest BCUT2D eigenvalue weighted by Gasteiger charge is 2.13. The Morgan fingerprint density at radius 3 is 3.05 bits per heavy atom. The number of fused-ring (bicyclic) bond motifs is 1. The monoisotopic (exact) mass is 289 g/mol. The molecule has 2 N–H and O–H groups in total. The van der Waals surface area contributed by atoms with Crippen LogP contribution in [0.15, 0.2) is 18.2 Å². The normalized spacial score (nSPS) is 18.1. The first-order valence-electron chi connectivity index (χ1n) is 7.78. The zero-order chi connectivity index (χ0) is 14.5. The van der Waals surface area contributed by atoms with Crippen LogP contribution in [0.5, 0.6) is 0 Å². The first-order valence-corrected chi connectivity index (χ1v) is 7.78. The maximum Gasteiger partial charge on any atom is 0.251 e. The molecule has 2 aliphatic rings. The predicted octanol–water partition coefficient (Wildman–Crippen LogP) is 1.11. The second kappa shape index (κ2) is 6.91. The molecule has 0 aromatic heterocycles. The topological polar surface area (TPSA) is 53.6 Å². The summed E-state index contributed by atoms with van der Waals surface area (Å²) in [6.07, 6.45) is 2.03. The zero-order valence-corrected chi connectivity index (χ0v) is 12.4. The number of ether oxygens (including phenoxy) is 1. The number of nitrogens with zero attached hydrogens (tertiary/aromatic N) is 1. The van der Waals surface area contributed by atoms with Crippen LogP contribution in [0.2, 0.25) is 0 Å². The molecule has 0 bridgehead atoms. The summed E-state index contributed by atoms with van der Waals surface area (Å²) in [5.41, 5.74) is 3.16. The lowest BCUT2D eigenvalue weighted by Gasteiger charge is -2.26. The molecule has 0 aliphatic carbocycles. The van der Waals surface area contributed by atoms with Crippen molar-refractivity contribution in [2.45, 2.75) is 12.8 Å². The lowest BCUT2D eigenvalue weighted by molar-refractivity contribution is 0.0374. The lowest BCUT2D eigenvalue weighted by Crippen LogP contribution is -2.38. The van der Waals surface area contributed by atoms with E-state index in [9.17, 15) is 4.79 Å². The lowest BCUT2D eigenvalue weighted by atomic mass is 10.1. The van der Waals surface area contributed by atoms with Gasteiger partial charge < -0.3 is 15.4 Å². The molecule has 1 fully saturated rings. The van der Waals surface area contributed by atoms with E-state index in [1.54, 1.807) is 0 Å². The van der Waals surface area contributed by atoms with Crippen LogP contribution in [0.25, 0.3) is 0 Å². The number of carbonyl (C=O) groups is 1. The number of amides is 1. The molecular formula is C16H23N3O2. The third-order valence-electron chi connectivity index (χ3n) is 4.12. The van der Waals surface area contributed by atoms with Gasteiger partial charge in [0.05, 0.1) is 13.2 Å². The molecule has 1 aromatic carbocycles. The quantitative estimate of drug-likeness (QED) is 0.797. The van der Waals surface area contributed by atoms with Crippen LogP contribution in [0.3, 0.4) is 0 Å². The van der Waals surface area contributed by atoms with Gasteiger partial charge in [-0.05, 0) is 37.1 Å². The predicted molar refractivity (Wildman–Crippen MR) is 82.8 cm³/mol. The van der Waals surface area contributed by atoms with Crippen LogP contribution in [-0.2, 0) is 11.2 Å². The maximum atomic E-state index is 12.1. The standard InChI is InChI=1S/C16H23N3O2/c20-16(14-3-2-13-4-6-17-15(13)12-14)18-5-1-7-19-8-10-21-11-9-19/h2-3,12,17H,1,4-11H2,(H,18,20). The van der Waals surface area contributed by atoms with E-state index in [1.807, 2.05) is 12.1 Å². The second-order valence-corrected chi connectivity index (χ2v) is 5.61. The van der Waals surface area contributed by atoms with Gasteiger partial charge in [-0.2, -0.15) is 0 Å². The molecule has 3 rings (SSSR count). The molecule has 0 saturated carbocycles. The van der Waals surface area contributed by atoms with E-state index in [0.717, 1.165) is 70.0 Å². The van der Waals surface area contributed by atoms with Crippen LogP contribution in [0.4, 0.5) is 5.69 Å². The summed E-state index contributed by atoms with van der Waals surface area (Å²) in [6, 6.07) is 5.93. The minimum atomic E-state index is 0.0217. The highest BCUT2D eigenvalue weighted by atomic mass is 16.5. The summed E-state index contributed by atoms with van der Waals surface area (Å²) in [6.45, 7) is 6.38. The molecule has 1 amide bonds. The zero-order valence-electron chi connectivity index (χ0n) is 12.4. The largest absolute Gasteiger partial charge is 0.384 e. The van der Waals surface area contributed by atoms with Gasteiger partial charge in [0.1, 0.15) is 0 Å². The minimum Gasteiger partial charge on any atom is -0.384 e. The Bertz CT molecular complexity index is 498. The third kappa shape index (κ3) is 3.74. The SMILES string of the molecule is O=C(NCCCN1CCOCC1)c1ccc2c(c1)NCC2. The van der Waals surface area contributed by atoms with E-state index in [-0.39, 0.29) is 5.91 Å². The summed E-state index contributed by atoms with van der Waals surface area (Å²) in [5.74, 6) is 0.0217. The van der Waals surface area contributed by atoms with E-state index >= 15 is 0 Å². The van der Waals surface area contributed by atoms with E-state index < -0.39 is 0 Å². The van der Waals surface area contributed by atoms with Gasteiger partial charge in [0.2, 0.25) is 0 Å². The van der Waals surface area contributed by atoms with Crippen molar-refractivity contribution < 1.29 is 9.53 Å². The average molecular weight is 289 g/mol.